The van der Waals surface area contributed by atoms with Crippen molar-refractivity contribution < 1.29 is 4.79 Å². The summed E-state index contributed by atoms with van der Waals surface area (Å²) in [6.07, 6.45) is 0. The lowest BCUT2D eigenvalue weighted by Crippen LogP contribution is -2.14. The lowest BCUT2D eigenvalue weighted by Gasteiger charge is -2.19. The number of thiazole rings is 1. The molecule has 0 bridgehead atoms. The molecule has 3 aromatic carbocycles. The number of carbonyl (C=O) groups excluding carboxylic acids is 1. The second kappa shape index (κ2) is 9.15. The summed E-state index contributed by atoms with van der Waals surface area (Å²) in [6.45, 7) is 6.46. The summed E-state index contributed by atoms with van der Waals surface area (Å²) in [5.74, 6) is -0.135. The van der Waals surface area contributed by atoms with Crippen LogP contribution in [0.15, 0.2) is 78.2 Å². The van der Waals surface area contributed by atoms with E-state index in [1.165, 1.54) is 16.9 Å². The molecule has 1 aromatic heterocycles. The number of nitrogens with one attached hydrogen (secondary N) is 2. The summed E-state index contributed by atoms with van der Waals surface area (Å²) in [5, 5.41) is 9.69. The monoisotopic (exact) mass is 461 g/mol. The summed E-state index contributed by atoms with van der Waals surface area (Å²) in [7, 11) is 0. The minimum absolute atomic E-state index is 0.0529. The first-order valence-electron chi connectivity index (χ1n) is 10.3. The van der Waals surface area contributed by atoms with Gasteiger partial charge in [-0.25, -0.2) is 4.98 Å². The first-order valence-corrected chi connectivity index (χ1v) is 11.5. The number of rotatable bonds is 5. The van der Waals surface area contributed by atoms with Crippen molar-refractivity contribution in [2.24, 2.45) is 0 Å². The molecule has 1 amide bonds. The SMILES string of the molecule is CC(C)(C)c1ccc(C(=O)Nc2cccc(-c3csc(Nc4cccc(Cl)c4)n3)c2)cc1. The van der Waals surface area contributed by atoms with Gasteiger partial charge in [0.1, 0.15) is 0 Å². The molecule has 6 heteroatoms. The zero-order valence-corrected chi connectivity index (χ0v) is 19.7. The Balaban J connectivity index is 1.47. The van der Waals surface area contributed by atoms with Gasteiger partial charge in [0.15, 0.2) is 5.13 Å². The maximum absolute atomic E-state index is 12.7. The number of hydrogen-bond acceptors (Lipinski definition) is 4. The number of carbonyl (C=O) groups is 1. The number of anilines is 3. The van der Waals surface area contributed by atoms with E-state index in [0.717, 1.165) is 27.8 Å². The largest absolute Gasteiger partial charge is 0.331 e. The standard InChI is InChI=1S/C26H24ClN3OS/c1-26(2,3)19-12-10-17(11-13-19)24(31)28-21-8-4-6-18(14-21)23-16-32-25(30-23)29-22-9-5-7-20(27)15-22/h4-16H,1-3H3,(H,28,31)(H,29,30). The number of halogens is 1. The van der Waals surface area contributed by atoms with Gasteiger partial charge in [-0.15, -0.1) is 11.3 Å². The van der Waals surface area contributed by atoms with E-state index < -0.39 is 0 Å². The van der Waals surface area contributed by atoms with Gasteiger partial charge in [0, 0.05) is 32.9 Å². The van der Waals surface area contributed by atoms with Crippen LogP contribution in [0, 0.1) is 0 Å². The molecule has 32 heavy (non-hydrogen) atoms. The van der Waals surface area contributed by atoms with Gasteiger partial charge < -0.3 is 10.6 Å². The Morgan fingerprint density at radius 1 is 0.938 bits per heavy atom. The van der Waals surface area contributed by atoms with Gasteiger partial charge in [-0.05, 0) is 53.4 Å². The molecule has 0 saturated carbocycles. The average molecular weight is 462 g/mol. The lowest BCUT2D eigenvalue weighted by atomic mass is 9.87. The molecule has 0 atom stereocenters. The second-order valence-corrected chi connectivity index (χ2v) is 9.83. The van der Waals surface area contributed by atoms with E-state index in [1.807, 2.05) is 78.2 Å². The van der Waals surface area contributed by atoms with Gasteiger partial charge in [-0.3, -0.25) is 4.79 Å². The van der Waals surface area contributed by atoms with Crippen molar-refractivity contribution in [2.75, 3.05) is 10.6 Å². The molecule has 0 saturated heterocycles. The lowest BCUT2D eigenvalue weighted by molar-refractivity contribution is 0.102. The fourth-order valence-electron chi connectivity index (χ4n) is 3.23. The predicted molar refractivity (Wildman–Crippen MR) is 135 cm³/mol. The van der Waals surface area contributed by atoms with Crippen molar-refractivity contribution in [2.45, 2.75) is 26.2 Å². The van der Waals surface area contributed by atoms with Crippen LogP contribution >= 0.6 is 22.9 Å². The first-order chi connectivity index (χ1) is 15.3. The number of hydrogen-bond donors (Lipinski definition) is 2. The molecule has 0 fully saturated rings. The number of benzene rings is 3. The third kappa shape index (κ3) is 5.36. The van der Waals surface area contributed by atoms with Gasteiger partial charge in [0.2, 0.25) is 0 Å². The Labute approximate surface area is 197 Å². The van der Waals surface area contributed by atoms with E-state index in [0.29, 0.717) is 10.6 Å². The minimum atomic E-state index is -0.135. The van der Waals surface area contributed by atoms with Crippen molar-refractivity contribution in [3.05, 3.63) is 94.3 Å². The van der Waals surface area contributed by atoms with E-state index in [2.05, 4.69) is 36.4 Å². The van der Waals surface area contributed by atoms with Gasteiger partial charge >= 0.3 is 0 Å². The summed E-state index contributed by atoms with van der Waals surface area (Å²) in [5.41, 5.74) is 5.26. The van der Waals surface area contributed by atoms with E-state index in [9.17, 15) is 4.79 Å². The van der Waals surface area contributed by atoms with Gasteiger partial charge in [-0.1, -0.05) is 62.7 Å². The zero-order valence-electron chi connectivity index (χ0n) is 18.1. The molecule has 4 nitrogen and oxygen atoms in total. The van der Waals surface area contributed by atoms with Crippen LogP contribution in [-0.2, 0) is 5.41 Å². The molecule has 0 aliphatic heterocycles. The Bertz CT molecular complexity index is 1240. The van der Waals surface area contributed by atoms with Crippen molar-refractivity contribution in [3.63, 3.8) is 0 Å². The fourth-order valence-corrected chi connectivity index (χ4v) is 4.16. The molecule has 4 rings (SSSR count). The highest BCUT2D eigenvalue weighted by atomic mass is 35.5. The van der Waals surface area contributed by atoms with Crippen LogP contribution in [0.2, 0.25) is 5.02 Å². The number of nitrogens with zero attached hydrogens (tertiary/aromatic N) is 1. The summed E-state index contributed by atoms with van der Waals surface area (Å²) in [6, 6.07) is 23.0. The summed E-state index contributed by atoms with van der Waals surface area (Å²) < 4.78 is 0. The molecule has 4 aromatic rings. The molecule has 0 unspecified atom stereocenters. The van der Waals surface area contributed by atoms with Crippen LogP contribution < -0.4 is 10.6 Å². The highest BCUT2D eigenvalue weighted by Gasteiger charge is 2.14. The van der Waals surface area contributed by atoms with Gasteiger partial charge in [0.05, 0.1) is 5.69 Å². The fraction of sp³-hybridized carbons (Fsp3) is 0.154. The normalized spacial score (nSPS) is 11.2. The van der Waals surface area contributed by atoms with Crippen LogP contribution in [0.25, 0.3) is 11.3 Å². The van der Waals surface area contributed by atoms with E-state index >= 15 is 0 Å². The Morgan fingerprint density at radius 3 is 2.38 bits per heavy atom. The van der Waals surface area contributed by atoms with Crippen molar-refractivity contribution in [1.82, 2.24) is 4.98 Å². The topological polar surface area (TPSA) is 54.0 Å². The molecule has 0 spiro atoms. The van der Waals surface area contributed by atoms with Crippen LogP contribution in [0.1, 0.15) is 36.7 Å². The molecule has 0 radical (unpaired) electrons. The Kier molecular flexibility index (Phi) is 6.31. The molecular formula is C26H24ClN3OS. The quantitative estimate of drug-likeness (QED) is 0.319. The minimum Gasteiger partial charge on any atom is -0.331 e. The highest BCUT2D eigenvalue weighted by Crippen LogP contribution is 2.29. The van der Waals surface area contributed by atoms with Crippen LogP contribution in [0.5, 0.6) is 0 Å². The molecule has 1 heterocycles. The molecule has 162 valence electrons. The molecular weight excluding hydrogens is 438 g/mol. The Morgan fingerprint density at radius 2 is 1.66 bits per heavy atom. The molecule has 0 aliphatic carbocycles. The van der Waals surface area contributed by atoms with Crippen LogP contribution in [0.4, 0.5) is 16.5 Å². The molecule has 2 N–H and O–H groups in total. The number of aromatic nitrogens is 1. The first kappa shape index (κ1) is 22.1. The van der Waals surface area contributed by atoms with E-state index in [1.54, 1.807) is 0 Å². The summed E-state index contributed by atoms with van der Waals surface area (Å²) in [4.78, 5) is 17.4. The van der Waals surface area contributed by atoms with Crippen LogP contribution in [-0.4, -0.2) is 10.9 Å². The molecule has 0 aliphatic rings. The van der Waals surface area contributed by atoms with E-state index in [4.69, 9.17) is 11.6 Å². The van der Waals surface area contributed by atoms with Gasteiger partial charge in [-0.2, -0.15) is 0 Å². The predicted octanol–water partition coefficient (Wildman–Crippen LogP) is 7.76. The van der Waals surface area contributed by atoms with Crippen LogP contribution in [0.3, 0.4) is 0 Å². The summed E-state index contributed by atoms with van der Waals surface area (Å²) >= 11 is 7.56. The maximum atomic E-state index is 12.7. The average Bonchev–Trinajstić information content (AvgIpc) is 3.22. The zero-order chi connectivity index (χ0) is 22.7. The maximum Gasteiger partial charge on any atom is 0.255 e. The van der Waals surface area contributed by atoms with Gasteiger partial charge in [0.25, 0.3) is 5.91 Å². The van der Waals surface area contributed by atoms with Crippen molar-refractivity contribution in [3.8, 4) is 11.3 Å². The highest BCUT2D eigenvalue weighted by molar-refractivity contribution is 7.14. The van der Waals surface area contributed by atoms with Crippen molar-refractivity contribution in [1.29, 1.82) is 0 Å². The smallest absolute Gasteiger partial charge is 0.255 e. The van der Waals surface area contributed by atoms with Crippen molar-refractivity contribution >= 4 is 45.4 Å². The third-order valence-electron chi connectivity index (χ3n) is 5.01. The number of amides is 1. The second-order valence-electron chi connectivity index (χ2n) is 8.54. The third-order valence-corrected chi connectivity index (χ3v) is 6.00. The van der Waals surface area contributed by atoms with E-state index in [-0.39, 0.29) is 11.3 Å². The Hall–Kier alpha value is -3.15.